The molecule has 0 spiro atoms. The molecule has 0 fully saturated rings. The summed E-state index contributed by atoms with van der Waals surface area (Å²) in [5, 5.41) is 9.29. The molecule has 2 aromatic carbocycles. The molecule has 4 heteroatoms. The predicted octanol–water partition coefficient (Wildman–Crippen LogP) is 4.16. The van der Waals surface area contributed by atoms with Gasteiger partial charge in [0.25, 0.3) is 0 Å². The summed E-state index contributed by atoms with van der Waals surface area (Å²) in [5.74, 6) is -1.58. The molecule has 1 atom stereocenters. The zero-order chi connectivity index (χ0) is 15.9. The van der Waals surface area contributed by atoms with Crippen molar-refractivity contribution in [3.63, 3.8) is 0 Å². The van der Waals surface area contributed by atoms with E-state index in [0.717, 1.165) is 11.3 Å². The van der Waals surface area contributed by atoms with Gasteiger partial charge < -0.3 is 9.84 Å². The second kappa shape index (κ2) is 7.59. The molecule has 0 bridgehead atoms. The first-order valence-corrected chi connectivity index (χ1v) is 7.24. The Morgan fingerprint density at radius 1 is 1.18 bits per heavy atom. The number of aliphatic carboxylic acids is 1. The molecular weight excluding hydrogens is 283 g/mol. The summed E-state index contributed by atoms with van der Waals surface area (Å²) in [6.07, 6.45) is 0.876. The van der Waals surface area contributed by atoms with E-state index in [1.54, 1.807) is 12.1 Å². The topological polar surface area (TPSA) is 46.5 Å². The van der Waals surface area contributed by atoms with Gasteiger partial charge in [-0.3, -0.25) is 4.79 Å². The molecule has 3 nitrogen and oxygen atoms in total. The molecule has 0 amide bonds. The molecule has 0 heterocycles. The largest absolute Gasteiger partial charge is 0.494 e. The van der Waals surface area contributed by atoms with Gasteiger partial charge >= 0.3 is 5.97 Å². The summed E-state index contributed by atoms with van der Waals surface area (Å²) < 4.78 is 19.3. The molecule has 1 N–H and O–H groups in total. The minimum atomic E-state index is -1.01. The van der Waals surface area contributed by atoms with Crippen LogP contribution in [0.15, 0.2) is 48.5 Å². The SMILES string of the molecule is Cc1ccc(OCCCC(C(=O)O)c2ccccc2F)cc1. The van der Waals surface area contributed by atoms with Crippen LogP contribution in [-0.2, 0) is 4.79 Å². The molecule has 0 aliphatic rings. The van der Waals surface area contributed by atoms with Crippen molar-refractivity contribution in [1.82, 2.24) is 0 Å². The molecule has 1 unspecified atom stereocenters. The van der Waals surface area contributed by atoms with Crippen molar-refractivity contribution in [2.45, 2.75) is 25.7 Å². The first-order valence-electron chi connectivity index (χ1n) is 7.24. The zero-order valence-corrected chi connectivity index (χ0v) is 12.5. The van der Waals surface area contributed by atoms with Crippen LogP contribution in [0, 0.1) is 12.7 Å². The number of ether oxygens (including phenoxy) is 1. The lowest BCUT2D eigenvalue weighted by atomic mass is 9.94. The molecule has 0 aromatic heterocycles. The Bertz CT molecular complexity index is 622. The average molecular weight is 302 g/mol. The van der Waals surface area contributed by atoms with Crippen LogP contribution < -0.4 is 4.74 Å². The highest BCUT2D eigenvalue weighted by molar-refractivity contribution is 5.76. The Balaban J connectivity index is 1.89. The molecule has 0 radical (unpaired) electrons. The standard InChI is InChI=1S/C18H19FO3/c1-13-8-10-14(11-9-13)22-12-4-6-16(18(20)21)15-5-2-3-7-17(15)19/h2-3,5,7-11,16H,4,6,12H2,1H3,(H,20,21). The maximum Gasteiger partial charge on any atom is 0.311 e. The Kier molecular flexibility index (Phi) is 5.53. The number of hydrogen-bond acceptors (Lipinski definition) is 2. The number of aryl methyl sites for hydroxylation is 1. The minimum Gasteiger partial charge on any atom is -0.494 e. The van der Waals surface area contributed by atoms with Crippen molar-refractivity contribution in [3.05, 3.63) is 65.5 Å². The van der Waals surface area contributed by atoms with Gasteiger partial charge in [-0.15, -0.1) is 0 Å². The van der Waals surface area contributed by atoms with Gasteiger partial charge in [-0.05, 0) is 38.0 Å². The summed E-state index contributed by atoms with van der Waals surface area (Å²) in [4.78, 5) is 11.3. The lowest BCUT2D eigenvalue weighted by Crippen LogP contribution is -2.14. The lowest BCUT2D eigenvalue weighted by molar-refractivity contribution is -0.139. The Labute approximate surface area is 129 Å². The fourth-order valence-electron chi connectivity index (χ4n) is 2.28. The monoisotopic (exact) mass is 302 g/mol. The first-order chi connectivity index (χ1) is 10.6. The number of hydrogen-bond donors (Lipinski definition) is 1. The van der Waals surface area contributed by atoms with Gasteiger partial charge in [0.05, 0.1) is 12.5 Å². The summed E-state index contributed by atoms with van der Waals surface area (Å²) in [6, 6.07) is 13.7. The van der Waals surface area contributed by atoms with Gasteiger partial charge in [0.15, 0.2) is 0 Å². The molecule has 0 aliphatic carbocycles. The first kappa shape index (κ1) is 16.0. The average Bonchev–Trinajstić information content (AvgIpc) is 2.50. The summed E-state index contributed by atoms with van der Waals surface area (Å²) in [5.41, 5.74) is 1.38. The highest BCUT2D eigenvalue weighted by Crippen LogP contribution is 2.24. The number of carboxylic acids is 1. The molecule has 0 saturated carbocycles. The number of carboxylic acid groups (broad SMARTS) is 1. The van der Waals surface area contributed by atoms with Crippen LogP contribution in [0.4, 0.5) is 4.39 Å². The third-order valence-corrected chi connectivity index (χ3v) is 3.51. The maximum absolute atomic E-state index is 13.7. The molecule has 22 heavy (non-hydrogen) atoms. The molecule has 116 valence electrons. The Hall–Kier alpha value is -2.36. The second-order valence-electron chi connectivity index (χ2n) is 5.22. The van der Waals surface area contributed by atoms with E-state index >= 15 is 0 Å². The highest BCUT2D eigenvalue weighted by atomic mass is 19.1. The van der Waals surface area contributed by atoms with Crippen LogP contribution in [0.1, 0.15) is 29.9 Å². The molecule has 0 aliphatic heterocycles. The van der Waals surface area contributed by atoms with Gasteiger partial charge in [-0.2, -0.15) is 0 Å². The molecule has 0 saturated heterocycles. The third-order valence-electron chi connectivity index (χ3n) is 3.51. The fourth-order valence-corrected chi connectivity index (χ4v) is 2.28. The van der Waals surface area contributed by atoms with E-state index in [1.807, 2.05) is 31.2 Å². The maximum atomic E-state index is 13.7. The predicted molar refractivity (Wildman–Crippen MR) is 82.7 cm³/mol. The molecule has 2 rings (SSSR count). The second-order valence-corrected chi connectivity index (χ2v) is 5.22. The minimum absolute atomic E-state index is 0.227. The van der Waals surface area contributed by atoms with Crippen LogP contribution in [0.5, 0.6) is 5.75 Å². The van der Waals surface area contributed by atoms with Crippen LogP contribution in [0.25, 0.3) is 0 Å². The van der Waals surface area contributed by atoms with E-state index in [9.17, 15) is 14.3 Å². The zero-order valence-electron chi connectivity index (χ0n) is 12.5. The van der Waals surface area contributed by atoms with Gasteiger partial charge in [0, 0.05) is 5.56 Å². The molecular formula is C18H19FO3. The number of halogens is 1. The van der Waals surface area contributed by atoms with Crippen LogP contribution in [-0.4, -0.2) is 17.7 Å². The van der Waals surface area contributed by atoms with E-state index in [0.29, 0.717) is 19.4 Å². The highest BCUT2D eigenvalue weighted by Gasteiger charge is 2.22. The van der Waals surface area contributed by atoms with Crippen molar-refractivity contribution in [2.75, 3.05) is 6.61 Å². The smallest absolute Gasteiger partial charge is 0.311 e. The van der Waals surface area contributed by atoms with Crippen LogP contribution in [0.3, 0.4) is 0 Å². The van der Waals surface area contributed by atoms with Crippen molar-refractivity contribution in [3.8, 4) is 5.75 Å². The van der Waals surface area contributed by atoms with E-state index < -0.39 is 17.7 Å². The third kappa shape index (κ3) is 4.32. The molecule has 2 aromatic rings. The van der Waals surface area contributed by atoms with Gasteiger partial charge in [0.1, 0.15) is 11.6 Å². The Morgan fingerprint density at radius 3 is 2.50 bits per heavy atom. The number of rotatable bonds is 7. The van der Waals surface area contributed by atoms with Crippen LogP contribution in [0.2, 0.25) is 0 Å². The van der Waals surface area contributed by atoms with Crippen LogP contribution >= 0.6 is 0 Å². The van der Waals surface area contributed by atoms with Crippen molar-refractivity contribution < 1.29 is 19.0 Å². The van der Waals surface area contributed by atoms with E-state index in [1.165, 1.54) is 12.1 Å². The number of benzene rings is 2. The summed E-state index contributed by atoms with van der Waals surface area (Å²) >= 11 is 0. The van der Waals surface area contributed by atoms with E-state index in [2.05, 4.69) is 0 Å². The van der Waals surface area contributed by atoms with E-state index in [-0.39, 0.29) is 5.56 Å². The quantitative estimate of drug-likeness (QED) is 0.781. The number of carbonyl (C=O) groups is 1. The lowest BCUT2D eigenvalue weighted by Gasteiger charge is -2.14. The summed E-state index contributed by atoms with van der Waals surface area (Å²) in [7, 11) is 0. The fraction of sp³-hybridized carbons (Fsp3) is 0.278. The van der Waals surface area contributed by atoms with Crippen molar-refractivity contribution in [2.24, 2.45) is 0 Å². The van der Waals surface area contributed by atoms with Gasteiger partial charge in [-0.25, -0.2) is 4.39 Å². The van der Waals surface area contributed by atoms with Gasteiger partial charge in [-0.1, -0.05) is 35.9 Å². The van der Waals surface area contributed by atoms with E-state index in [4.69, 9.17) is 4.74 Å². The Morgan fingerprint density at radius 2 is 1.86 bits per heavy atom. The normalized spacial score (nSPS) is 11.9. The van der Waals surface area contributed by atoms with Crippen molar-refractivity contribution >= 4 is 5.97 Å². The van der Waals surface area contributed by atoms with Crippen molar-refractivity contribution in [1.29, 1.82) is 0 Å². The summed E-state index contributed by atoms with van der Waals surface area (Å²) in [6.45, 7) is 2.40. The van der Waals surface area contributed by atoms with Gasteiger partial charge in [0.2, 0.25) is 0 Å².